The van der Waals surface area contributed by atoms with Gasteiger partial charge >= 0.3 is 0 Å². The molecule has 0 spiro atoms. The summed E-state index contributed by atoms with van der Waals surface area (Å²) in [5.41, 5.74) is 0.668. The van der Waals surface area contributed by atoms with Crippen LogP contribution in [0.5, 0.6) is 0 Å². The van der Waals surface area contributed by atoms with E-state index in [-0.39, 0.29) is 11.5 Å². The highest BCUT2D eigenvalue weighted by atomic mass is 16.5. The highest BCUT2D eigenvalue weighted by Crippen LogP contribution is 2.22. The molecule has 0 aliphatic rings. The standard InChI is InChI=1S/C13H19N3O/c1-13(2,3)11(17-4)9-16-12-7-10(8-14)5-6-15-12/h5-7,11H,9H2,1-4H3,(H,15,16). The van der Waals surface area contributed by atoms with Crippen molar-refractivity contribution >= 4 is 5.82 Å². The van der Waals surface area contributed by atoms with Crippen molar-refractivity contribution in [3.8, 4) is 6.07 Å². The second-order valence-electron chi connectivity index (χ2n) is 5.01. The van der Waals surface area contributed by atoms with Gasteiger partial charge < -0.3 is 10.1 Å². The molecular weight excluding hydrogens is 214 g/mol. The van der Waals surface area contributed by atoms with E-state index in [1.165, 1.54) is 0 Å². The lowest BCUT2D eigenvalue weighted by Crippen LogP contribution is -2.35. The Hall–Kier alpha value is -1.60. The smallest absolute Gasteiger partial charge is 0.127 e. The molecule has 0 aliphatic carbocycles. The first kappa shape index (κ1) is 13.5. The van der Waals surface area contributed by atoms with Gasteiger partial charge in [0.25, 0.3) is 0 Å². The predicted octanol–water partition coefficient (Wildman–Crippen LogP) is 2.43. The fourth-order valence-electron chi connectivity index (χ4n) is 1.54. The van der Waals surface area contributed by atoms with Gasteiger partial charge in [-0.2, -0.15) is 5.26 Å². The number of pyridine rings is 1. The predicted molar refractivity (Wildman–Crippen MR) is 67.7 cm³/mol. The monoisotopic (exact) mass is 233 g/mol. The fraction of sp³-hybridized carbons (Fsp3) is 0.538. The van der Waals surface area contributed by atoms with Gasteiger partial charge in [0.15, 0.2) is 0 Å². The minimum Gasteiger partial charge on any atom is -0.379 e. The Morgan fingerprint density at radius 1 is 1.53 bits per heavy atom. The number of nitrogens with one attached hydrogen (secondary N) is 1. The second kappa shape index (κ2) is 5.65. The molecule has 1 atom stereocenters. The molecule has 1 N–H and O–H groups in total. The maximum Gasteiger partial charge on any atom is 0.127 e. The number of hydrogen-bond acceptors (Lipinski definition) is 4. The number of rotatable bonds is 4. The summed E-state index contributed by atoms with van der Waals surface area (Å²) >= 11 is 0. The summed E-state index contributed by atoms with van der Waals surface area (Å²) in [4.78, 5) is 4.16. The Morgan fingerprint density at radius 2 is 2.24 bits per heavy atom. The number of methoxy groups -OCH3 is 1. The van der Waals surface area contributed by atoms with Gasteiger partial charge in [-0.15, -0.1) is 0 Å². The third-order valence-corrected chi connectivity index (χ3v) is 2.61. The lowest BCUT2D eigenvalue weighted by atomic mass is 9.89. The van der Waals surface area contributed by atoms with Gasteiger partial charge in [-0.25, -0.2) is 4.98 Å². The third-order valence-electron chi connectivity index (χ3n) is 2.61. The molecule has 17 heavy (non-hydrogen) atoms. The Kier molecular flexibility index (Phi) is 4.47. The summed E-state index contributed by atoms with van der Waals surface area (Å²) in [5.74, 6) is 0.704. The van der Waals surface area contributed by atoms with Gasteiger partial charge in [0, 0.05) is 19.9 Å². The average Bonchev–Trinajstić information content (AvgIpc) is 2.28. The van der Waals surface area contributed by atoms with Crippen LogP contribution in [0.4, 0.5) is 5.82 Å². The lowest BCUT2D eigenvalue weighted by Gasteiger charge is -2.29. The molecule has 0 amide bonds. The minimum atomic E-state index is 0.0641. The largest absolute Gasteiger partial charge is 0.379 e. The molecule has 4 heteroatoms. The highest BCUT2D eigenvalue weighted by Gasteiger charge is 2.23. The van der Waals surface area contributed by atoms with Crippen LogP contribution in [0.25, 0.3) is 0 Å². The van der Waals surface area contributed by atoms with E-state index in [4.69, 9.17) is 10.00 Å². The zero-order valence-corrected chi connectivity index (χ0v) is 10.8. The molecular formula is C13H19N3O. The summed E-state index contributed by atoms with van der Waals surface area (Å²) in [6, 6.07) is 5.50. The summed E-state index contributed by atoms with van der Waals surface area (Å²) < 4.78 is 5.44. The molecule has 0 fully saturated rings. The quantitative estimate of drug-likeness (QED) is 0.867. The highest BCUT2D eigenvalue weighted by molar-refractivity contribution is 5.42. The van der Waals surface area contributed by atoms with E-state index < -0.39 is 0 Å². The number of ether oxygens (including phenoxy) is 1. The van der Waals surface area contributed by atoms with Crippen LogP contribution < -0.4 is 5.32 Å². The summed E-state index contributed by atoms with van der Waals surface area (Å²) in [6.45, 7) is 7.05. The number of aromatic nitrogens is 1. The number of nitrogens with zero attached hydrogens (tertiary/aromatic N) is 2. The number of anilines is 1. The zero-order valence-electron chi connectivity index (χ0n) is 10.8. The fourth-order valence-corrected chi connectivity index (χ4v) is 1.54. The molecule has 92 valence electrons. The number of nitriles is 1. The van der Waals surface area contributed by atoms with Crippen molar-refractivity contribution in [2.75, 3.05) is 19.0 Å². The topological polar surface area (TPSA) is 57.9 Å². The van der Waals surface area contributed by atoms with Crippen LogP contribution in [0.1, 0.15) is 26.3 Å². The van der Waals surface area contributed by atoms with Crippen LogP contribution in [-0.2, 0) is 4.74 Å². The lowest BCUT2D eigenvalue weighted by molar-refractivity contribution is 0.0268. The van der Waals surface area contributed by atoms with Gasteiger partial charge in [-0.1, -0.05) is 20.8 Å². The Morgan fingerprint density at radius 3 is 2.76 bits per heavy atom. The van der Waals surface area contributed by atoms with Crippen LogP contribution in [0.2, 0.25) is 0 Å². The summed E-state index contributed by atoms with van der Waals surface area (Å²) in [7, 11) is 1.71. The molecule has 1 unspecified atom stereocenters. The van der Waals surface area contributed by atoms with Crippen molar-refractivity contribution in [3.05, 3.63) is 23.9 Å². The molecule has 0 radical (unpaired) electrons. The molecule has 1 rings (SSSR count). The second-order valence-corrected chi connectivity index (χ2v) is 5.01. The Labute approximate surface area is 103 Å². The molecule has 1 heterocycles. The third kappa shape index (κ3) is 4.04. The molecule has 0 bridgehead atoms. The van der Waals surface area contributed by atoms with E-state index in [2.05, 4.69) is 37.1 Å². The average molecular weight is 233 g/mol. The van der Waals surface area contributed by atoms with E-state index in [0.717, 1.165) is 0 Å². The van der Waals surface area contributed by atoms with Gasteiger partial charge in [0.1, 0.15) is 5.82 Å². The first-order chi connectivity index (χ1) is 7.97. The van der Waals surface area contributed by atoms with Gasteiger partial charge in [-0.05, 0) is 17.5 Å². The van der Waals surface area contributed by atoms with Crippen molar-refractivity contribution in [1.82, 2.24) is 4.98 Å². The van der Waals surface area contributed by atoms with Crippen molar-refractivity contribution in [3.63, 3.8) is 0 Å². The number of hydrogen-bond donors (Lipinski definition) is 1. The van der Waals surface area contributed by atoms with E-state index in [9.17, 15) is 0 Å². The first-order valence-corrected chi connectivity index (χ1v) is 5.60. The Bertz CT molecular complexity index is 404. The normalized spacial score (nSPS) is 12.9. The molecule has 1 aromatic rings. The first-order valence-electron chi connectivity index (χ1n) is 5.60. The van der Waals surface area contributed by atoms with Gasteiger partial charge in [0.05, 0.1) is 17.7 Å². The van der Waals surface area contributed by atoms with E-state index >= 15 is 0 Å². The molecule has 0 saturated carbocycles. The molecule has 4 nitrogen and oxygen atoms in total. The maximum absolute atomic E-state index is 8.78. The minimum absolute atomic E-state index is 0.0641. The van der Waals surface area contributed by atoms with Crippen LogP contribution >= 0.6 is 0 Å². The zero-order chi connectivity index (χ0) is 12.9. The van der Waals surface area contributed by atoms with Crippen LogP contribution in [0.3, 0.4) is 0 Å². The van der Waals surface area contributed by atoms with Crippen molar-refractivity contribution in [1.29, 1.82) is 5.26 Å². The molecule has 0 aliphatic heterocycles. The SMILES string of the molecule is COC(CNc1cc(C#N)ccn1)C(C)(C)C. The van der Waals surface area contributed by atoms with E-state index in [1.807, 2.05) is 0 Å². The Balaban J connectivity index is 2.63. The molecule has 1 aromatic heterocycles. The van der Waals surface area contributed by atoms with E-state index in [1.54, 1.807) is 25.4 Å². The van der Waals surface area contributed by atoms with Crippen LogP contribution in [0.15, 0.2) is 18.3 Å². The summed E-state index contributed by atoms with van der Waals surface area (Å²) in [5, 5.41) is 12.0. The van der Waals surface area contributed by atoms with Crippen molar-refractivity contribution in [2.24, 2.45) is 5.41 Å². The van der Waals surface area contributed by atoms with Gasteiger partial charge in [0.2, 0.25) is 0 Å². The summed E-state index contributed by atoms with van der Waals surface area (Å²) in [6.07, 6.45) is 1.72. The van der Waals surface area contributed by atoms with Gasteiger partial charge in [-0.3, -0.25) is 0 Å². The van der Waals surface area contributed by atoms with Crippen molar-refractivity contribution < 1.29 is 4.74 Å². The van der Waals surface area contributed by atoms with E-state index in [0.29, 0.717) is 17.9 Å². The van der Waals surface area contributed by atoms with Crippen LogP contribution in [-0.4, -0.2) is 24.7 Å². The molecule has 0 aromatic carbocycles. The molecule has 0 saturated heterocycles. The maximum atomic E-state index is 8.78. The van der Waals surface area contributed by atoms with Crippen LogP contribution in [0, 0.1) is 16.7 Å². The van der Waals surface area contributed by atoms with Crippen molar-refractivity contribution in [2.45, 2.75) is 26.9 Å².